The number of rotatable bonds is 3. The number of benzene rings is 1. The first-order valence-electron chi connectivity index (χ1n) is 6.33. The van der Waals surface area contributed by atoms with Crippen LogP contribution in [-0.2, 0) is 6.54 Å². The standard InChI is InChI=1S/C15H13BrN2OS/c1-10-17-14-12(15(19)18(10)8-7-16)9-13(20-14)11-5-3-2-4-6-11/h2-6,9H,7-8H2,1H3. The van der Waals surface area contributed by atoms with Crippen molar-refractivity contribution in [1.29, 1.82) is 0 Å². The number of aryl methyl sites for hydroxylation is 1. The van der Waals surface area contributed by atoms with Gasteiger partial charge in [-0.2, -0.15) is 0 Å². The fraction of sp³-hybridized carbons (Fsp3) is 0.200. The normalized spacial score (nSPS) is 11.1. The van der Waals surface area contributed by atoms with Crippen LogP contribution in [0, 0.1) is 6.92 Å². The topological polar surface area (TPSA) is 34.9 Å². The van der Waals surface area contributed by atoms with Gasteiger partial charge in [-0.15, -0.1) is 11.3 Å². The SMILES string of the molecule is Cc1nc2sc(-c3ccccc3)cc2c(=O)n1CCBr. The van der Waals surface area contributed by atoms with Crippen LogP contribution in [-0.4, -0.2) is 14.9 Å². The Kier molecular flexibility index (Phi) is 3.72. The largest absolute Gasteiger partial charge is 0.295 e. The third-order valence-electron chi connectivity index (χ3n) is 3.21. The Balaban J connectivity index is 2.22. The zero-order chi connectivity index (χ0) is 14.1. The Hall–Kier alpha value is -1.46. The first-order chi connectivity index (χ1) is 9.70. The van der Waals surface area contributed by atoms with Crippen LogP contribution in [0.15, 0.2) is 41.2 Å². The lowest BCUT2D eigenvalue weighted by Gasteiger charge is -2.06. The third-order valence-corrected chi connectivity index (χ3v) is 4.64. The molecule has 0 spiro atoms. The van der Waals surface area contributed by atoms with Gasteiger partial charge in [0.1, 0.15) is 10.7 Å². The minimum atomic E-state index is 0.0466. The van der Waals surface area contributed by atoms with Crippen LogP contribution in [0.5, 0.6) is 0 Å². The van der Waals surface area contributed by atoms with Gasteiger partial charge in [-0.1, -0.05) is 46.3 Å². The van der Waals surface area contributed by atoms with Crippen LogP contribution in [0.3, 0.4) is 0 Å². The van der Waals surface area contributed by atoms with E-state index >= 15 is 0 Å². The summed E-state index contributed by atoms with van der Waals surface area (Å²) in [6.45, 7) is 2.52. The van der Waals surface area contributed by atoms with Gasteiger partial charge in [-0.05, 0) is 18.6 Å². The summed E-state index contributed by atoms with van der Waals surface area (Å²) in [4.78, 5) is 19.0. The van der Waals surface area contributed by atoms with E-state index in [0.29, 0.717) is 11.9 Å². The lowest BCUT2D eigenvalue weighted by atomic mass is 10.2. The van der Waals surface area contributed by atoms with Crippen molar-refractivity contribution >= 4 is 37.5 Å². The summed E-state index contributed by atoms with van der Waals surface area (Å²) < 4.78 is 1.72. The molecule has 0 bridgehead atoms. The second-order valence-corrected chi connectivity index (χ2v) is 6.32. The van der Waals surface area contributed by atoms with Crippen molar-refractivity contribution < 1.29 is 0 Å². The molecule has 102 valence electrons. The number of hydrogen-bond donors (Lipinski definition) is 0. The molecule has 3 aromatic rings. The van der Waals surface area contributed by atoms with Crippen molar-refractivity contribution in [3.05, 3.63) is 52.6 Å². The Morgan fingerprint density at radius 3 is 2.75 bits per heavy atom. The number of fused-ring (bicyclic) bond motifs is 1. The molecule has 0 unspecified atom stereocenters. The van der Waals surface area contributed by atoms with Gasteiger partial charge in [-0.25, -0.2) is 4.98 Å². The molecule has 2 aromatic heterocycles. The van der Waals surface area contributed by atoms with Gasteiger partial charge >= 0.3 is 0 Å². The maximum absolute atomic E-state index is 12.5. The summed E-state index contributed by atoms with van der Waals surface area (Å²) in [6.07, 6.45) is 0. The van der Waals surface area contributed by atoms with Crippen LogP contribution in [0.2, 0.25) is 0 Å². The minimum Gasteiger partial charge on any atom is -0.295 e. The zero-order valence-corrected chi connectivity index (χ0v) is 13.4. The summed E-state index contributed by atoms with van der Waals surface area (Å²) in [6, 6.07) is 12.0. The predicted molar refractivity (Wildman–Crippen MR) is 87.8 cm³/mol. The molecule has 0 saturated heterocycles. The average Bonchev–Trinajstić information content (AvgIpc) is 2.88. The second-order valence-electron chi connectivity index (χ2n) is 4.50. The van der Waals surface area contributed by atoms with Crippen LogP contribution in [0.4, 0.5) is 0 Å². The van der Waals surface area contributed by atoms with Gasteiger partial charge in [-0.3, -0.25) is 9.36 Å². The number of thiophene rings is 1. The van der Waals surface area contributed by atoms with E-state index in [1.54, 1.807) is 15.9 Å². The van der Waals surface area contributed by atoms with E-state index in [1.165, 1.54) is 0 Å². The first kappa shape index (κ1) is 13.5. The van der Waals surface area contributed by atoms with Crippen molar-refractivity contribution in [2.24, 2.45) is 0 Å². The monoisotopic (exact) mass is 348 g/mol. The third kappa shape index (κ3) is 2.31. The zero-order valence-electron chi connectivity index (χ0n) is 11.0. The lowest BCUT2D eigenvalue weighted by molar-refractivity contribution is 0.696. The molecule has 0 saturated carbocycles. The molecule has 20 heavy (non-hydrogen) atoms. The van der Waals surface area contributed by atoms with Gasteiger partial charge in [0, 0.05) is 16.8 Å². The maximum atomic E-state index is 12.5. The summed E-state index contributed by atoms with van der Waals surface area (Å²) in [5.41, 5.74) is 1.17. The van der Waals surface area contributed by atoms with Gasteiger partial charge in [0.05, 0.1) is 5.39 Å². The van der Waals surface area contributed by atoms with Crippen LogP contribution in [0.25, 0.3) is 20.7 Å². The quantitative estimate of drug-likeness (QED) is 0.674. The lowest BCUT2D eigenvalue weighted by Crippen LogP contribution is -2.23. The fourth-order valence-electron chi connectivity index (χ4n) is 2.21. The van der Waals surface area contributed by atoms with Crippen molar-refractivity contribution in [3.63, 3.8) is 0 Å². The summed E-state index contributed by atoms with van der Waals surface area (Å²) in [5, 5.41) is 1.46. The summed E-state index contributed by atoms with van der Waals surface area (Å²) in [5.74, 6) is 0.767. The number of nitrogens with zero attached hydrogens (tertiary/aromatic N) is 2. The second kappa shape index (κ2) is 5.50. The molecule has 2 heterocycles. The molecule has 0 fully saturated rings. The van der Waals surface area contributed by atoms with Gasteiger partial charge in [0.15, 0.2) is 0 Å². The molecular formula is C15H13BrN2OS. The van der Waals surface area contributed by atoms with E-state index in [9.17, 15) is 4.79 Å². The first-order valence-corrected chi connectivity index (χ1v) is 8.27. The number of alkyl halides is 1. The Morgan fingerprint density at radius 1 is 1.30 bits per heavy atom. The number of aromatic nitrogens is 2. The molecule has 0 amide bonds. The van der Waals surface area contributed by atoms with Crippen molar-refractivity contribution in [2.75, 3.05) is 5.33 Å². The molecule has 0 aliphatic carbocycles. The number of halogens is 1. The molecule has 0 aliphatic heterocycles. The predicted octanol–water partition coefficient (Wildman–Crippen LogP) is 3.83. The molecule has 3 nitrogen and oxygen atoms in total. The molecule has 0 atom stereocenters. The number of hydrogen-bond acceptors (Lipinski definition) is 3. The Labute approximate surface area is 129 Å². The highest BCUT2D eigenvalue weighted by atomic mass is 79.9. The molecular weight excluding hydrogens is 336 g/mol. The molecule has 0 aliphatic rings. The van der Waals surface area contributed by atoms with Crippen LogP contribution in [0.1, 0.15) is 5.82 Å². The molecule has 5 heteroatoms. The van der Waals surface area contributed by atoms with Gasteiger partial charge in [0.25, 0.3) is 5.56 Å². The molecule has 3 rings (SSSR count). The summed E-state index contributed by atoms with van der Waals surface area (Å²) >= 11 is 4.94. The van der Waals surface area contributed by atoms with Crippen molar-refractivity contribution in [2.45, 2.75) is 13.5 Å². The van der Waals surface area contributed by atoms with E-state index in [0.717, 1.165) is 26.4 Å². The van der Waals surface area contributed by atoms with Crippen LogP contribution < -0.4 is 5.56 Å². The minimum absolute atomic E-state index is 0.0466. The highest BCUT2D eigenvalue weighted by Crippen LogP contribution is 2.30. The van der Waals surface area contributed by atoms with Crippen molar-refractivity contribution in [1.82, 2.24) is 9.55 Å². The summed E-state index contributed by atoms with van der Waals surface area (Å²) in [7, 11) is 0. The Morgan fingerprint density at radius 2 is 2.05 bits per heavy atom. The highest BCUT2D eigenvalue weighted by Gasteiger charge is 2.12. The van der Waals surface area contributed by atoms with Gasteiger partial charge in [0.2, 0.25) is 0 Å². The molecule has 1 aromatic carbocycles. The molecule has 0 N–H and O–H groups in total. The van der Waals surface area contributed by atoms with Crippen molar-refractivity contribution in [3.8, 4) is 10.4 Å². The maximum Gasteiger partial charge on any atom is 0.262 e. The average molecular weight is 349 g/mol. The van der Waals surface area contributed by atoms with E-state index < -0.39 is 0 Å². The highest BCUT2D eigenvalue weighted by molar-refractivity contribution is 9.09. The smallest absolute Gasteiger partial charge is 0.262 e. The van der Waals surface area contributed by atoms with E-state index in [1.807, 2.05) is 31.2 Å². The fourth-order valence-corrected chi connectivity index (χ4v) is 3.64. The van der Waals surface area contributed by atoms with Crippen LogP contribution >= 0.6 is 27.3 Å². The van der Waals surface area contributed by atoms with E-state index in [-0.39, 0.29) is 5.56 Å². The molecule has 0 radical (unpaired) electrons. The van der Waals surface area contributed by atoms with Gasteiger partial charge < -0.3 is 0 Å². The Bertz CT molecular complexity index is 808. The van der Waals surface area contributed by atoms with E-state index in [4.69, 9.17) is 0 Å². The van der Waals surface area contributed by atoms with E-state index in [2.05, 4.69) is 33.0 Å².